The summed E-state index contributed by atoms with van der Waals surface area (Å²) >= 11 is 0. The molecule has 2 rings (SSSR count). The molecule has 0 radical (unpaired) electrons. The first-order valence-electron chi connectivity index (χ1n) is 6.12. The molecule has 0 saturated heterocycles. The van der Waals surface area contributed by atoms with E-state index in [0.717, 1.165) is 0 Å². The van der Waals surface area contributed by atoms with Crippen molar-refractivity contribution in [2.75, 3.05) is 6.61 Å². The first-order chi connectivity index (χ1) is 10.0. The van der Waals surface area contributed by atoms with Crippen LogP contribution in [-0.4, -0.2) is 25.3 Å². The van der Waals surface area contributed by atoms with Crippen molar-refractivity contribution in [1.82, 2.24) is 9.88 Å². The lowest BCUT2D eigenvalue weighted by Crippen LogP contribution is -2.24. The largest absolute Gasteiger partial charge is 0.384 e. The lowest BCUT2D eigenvalue weighted by atomic mass is 10.1. The van der Waals surface area contributed by atoms with Gasteiger partial charge < -0.3 is 9.63 Å². The minimum Gasteiger partial charge on any atom is -0.384 e. The molecule has 0 spiro atoms. The number of sulfonamides is 1. The Balaban J connectivity index is 2.26. The lowest BCUT2D eigenvalue weighted by Gasteiger charge is -2.08. The molecule has 1 aromatic heterocycles. The molecule has 0 saturated carbocycles. The maximum absolute atomic E-state index is 12.3. The zero-order valence-corrected chi connectivity index (χ0v) is 12.1. The van der Waals surface area contributed by atoms with Gasteiger partial charge in [-0.25, -0.2) is 13.1 Å². The van der Waals surface area contributed by atoms with Crippen LogP contribution in [0.25, 0.3) is 0 Å². The van der Waals surface area contributed by atoms with Crippen LogP contribution in [0, 0.1) is 18.8 Å². The lowest BCUT2D eigenvalue weighted by molar-refractivity contribution is 0.350. The van der Waals surface area contributed by atoms with E-state index in [2.05, 4.69) is 26.2 Å². The number of hydrogen-bond acceptors (Lipinski definition) is 5. The van der Waals surface area contributed by atoms with Crippen LogP contribution in [0.2, 0.25) is 0 Å². The summed E-state index contributed by atoms with van der Waals surface area (Å²) in [5.41, 5.74) is 1.63. The van der Waals surface area contributed by atoms with Crippen molar-refractivity contribution in [2.45, 2.75) is 18.4 Å². The fourth-order valence-electron chi connectivity index (χ4n) is 1.68. The van der Waals surface area contributed by atoms with E-state index in [1.165, 1.54) is 12.3 Å². The number of benzene rings is 1. The van der Waals surface area contributed by atoms with E-state index in [9.17, 15) is 8.42 Å². The van der Waals surface area contributed by atoms with Crippen LogP contribution in [0.15, 0.2) is 39.9 Å². The molecular formula is C14H14N2O4S. The fraction of sp³-hybridized carbons (Fsp3) is 0.214. The normalized spacial score (nSPS) is 11.0. The van der Waals surface area contributed by atoms with Crippen molar-refractivity contribution in [1.29, 1.82) is 0 Å². The molecule has 0 aliphatic carbocycles. The van der Waals surface area contributed by atoms with Crippen LogP contribution in [0.4, 0.5) is 0 Å². The third kappa shape index (κ3) is 3.92. The van der Waals surface area contributed by atoms with Gasteiger partial charge in [-0.2, -0.15) is 0 Å². The van der Waals surface area contributed by atoms with Gasteiger partial charge in [0.25, 0.3) is 0 Å². The van der Waals surface area contributed by atoms with Gasteiger partial charge in [-0.15, -0.1) is 0 Å². The van der Waals surface area contributed by atoms with Crippen molar-refractivity contribution >= 4 is 10.0 Å². The molecule has 0 amide bonds. The van der Waals surface area contributed by atoms with Gasteiger partial charge in [0.2, 0.25) is 10.0 Å². The highest BCUT2D eigenvalue weighted by Gasteiger charge is 2.17. The highest BCUT2D eigenvalue weighted by molar-refractivity contribution is 7.89. The van der Waals surface area contributed by atoms with Crippen LogP contribution in [0.1, 0.15) is 16.8 Å². The molecule has 7 heteroatoms. The summed E-state index contributed by atoms with van der Waals surface area (Å²) in [7, 11) is -3.68. The third-order valence-corrected chi connectivity index (χ3v) is 4.27. The molecule has 2 aromatic rings. The Labute approximate surface area is 122 Å². The zero-order valence-electron chi connectivity index (χ0n) is 11.3. The second-order valence-corrected chi connectivity index (χ2v) is 5.99. The Morgan fingerprint density at radius 2 is 2.19 bits per heavy atom. The maximum Gasteiger partial charge on any atom is 0.241 e. The predicted molar refractivity (Wildman–Crippen MR) is 75.7 cm³/mol. The highest BCUT2D eigenvalue weighted by Crippen LogP contribution is 2.17. The molecule has 0 aliphatic rings. The molecule has 0 fully saturated rings. The average Bonchev–Trinajstić information content (AvgIpc) is 2.97. The van der Waals surface area contributed by atoms with E-state index < -0.39 is 10.0 Å². The Bertz CT molecular complexity index is 771. The Morgan fingerprint density at radius 1 is 1.38 bits per heavy atom. The summed E-state index contributed by atoms with van der Waals surface area (Å²) in [4.78, 5) is 0.149. The summed E-state index contributed by atoms with van der Waals surface area (Å²) < 4.78 is 31.7. The number of nitrogens with zero attached hydrogens (tertiary/aromatic N) is 1. The molecule has 0 unspecified atom stereocenters. The molecular weight excluding hydrogens is 292 g/mol. The zero-order chi connectivity index (χ0) is 15.3. The van der Waals surface area contributed by atoms with Gasteiger partial charge >= 0.3 is 0 Å². The quantitative estimate of drug-likeness (QED) is 0.815. The smallest absolute Gasteiger partial charge is 0.241 e. The first kappa shape index (κ1) is 15.3. The second kappa shape index (κ2) is 6.54. The van der Waals surface area contributed by atoms with E-state index in [1.807, 2.05) is 0 Å². The Kier molecular flexibility index (Phi) is 4.75. The van der Waals surface area contributed by atoms with Crippen LogP contribution in [0.3, 0.4) is 0 Å². The van der Waals surface area contributed by atoms with Gasteiger partial charge in [0.1, 0.15) is 12.9 Å². The number of rotatable bonds is 4. The number of aryl methyl sites for hydroxylation is 1. The molecule has 21 heavy (non-hydrogen) atoms. The average molecular weight is 306 g/mol. The van der Waals surface area contributed by atoms with Gasteiger partial charge in [0.05, 0.1) is 17.1 Å². The van der Waals surface area contributed by atoms with E-state index in [4.69, 9.17) is 5.11 Å². The van der Waals surface area contributed by atoms with Gasteiger partial charge in [-0.05, 0) is 24.6 Å². The van der Waals surface area contributed by atoms with Crippen molar-refractivity contribution in [3.05, 3.63) is 47.3 Å². The third-order valence-electron chi connectivity index (χ3n) is 2.72. The summed E-state index contributed by atoms with van der Waals surface area (Å²) in [5.74, 6) is 5.17. The summed E-state index contributed by atoms with van der Waals surface area (Å²) in [6.45, 7) is 1.47. The van der Waals surface area contributed by atoms with E-state index >= 15 is 0 Å². The van der Waals surface area contributed by atoms with E-state index in [0.29, 0.717) is 16.8 Å². The molecule has 0 bridgehead atoms. The second-order valence-electron chi connectivity index (χ2n) is 4.26. The van der Waals surface area contributed by atoms with Crippen molar-refractivity contribution in [3.8, 4) is 11.8 Å². The number of aliphatic hydroxyl groups is 1. The van der Waals surface area contributed by atoms with E-state index in [1.54, 1.807) is 25.1 Å². The Hall–Kier alpha value is -2.14. The first-order valence-corrected chi connectivity index (χ1v) is 7.60. The van der Waals surface area contributed by atoms with Crippen LogP contribution in [0.5, 0.6) is 0 Å². The minimum atomic E-state index is -3.68. The summed E-state index contributed by atoms with van der Waals surface area (Å²) in [6.07, 6.45) is 1.37. The molecule has 0 aliphatic heterocycles. The predicted octanol–water partition coefficient (Wildman–Crippen LogP) is 0.805. The van der Waals surface area contributed by atoms with Gasteiger partial charge in [-0.1, -0.05) is 23.1 Å². The standard InChI is InChI=1S/C14H14N2O4S/c1-11-4-5-12(3-2-7-17)9-14(11)21(18,19)15-10-13-6-8-20-16-13/h4-6,8-9,15,17H,7,10H2,1H3. The van der Waals surface area contributed by atoms with Gasteiger partial charge in [-0.3, -0.25) is 0 Å². The fourth-order valence-corrected chi connectivity index (χ4v) is 2.95. The molecule has 2 N–H and O–H groups in total. The Morgan fingerprint density at radius 3 is 2.86 bits per heavy atom. The number of hydrogen-bond donors (Lipinski definition) is 2. The SMILES string of the molecule is Cc1ccc(C#CCO)cc1S(=O)(=O)NCc1ccon1. The van der Waals surface area contributed by atoms with Crippen molar-refractivity contribution in [3.63, 3.8) is 0 Å². The molecule has 6 nitrogen and oxygen atoms in total. The van der Waals surface area contributed by atoms with Gasteiger partial charge in [0, 0.05) is 11.6 Å². The molecule has 0 atom stereocenters. The van der Waals surface area contributed by atoms with Gasteiger partial charge in [0.15, 0.2) is 0 Å². The summed E-state index contributed by atoms with van der Waals surface area (Å²) in [5, 5.41) is 12.3. The molecule has 1 aromatic carbocycles. The van der Waals surface area contributed by atoms with E-state index in [-0.39, 0.29) is 18.0 Å². The minimum absolute atomic E-state index is 0.0464. The van der Waals surface area contributed by atoms with Crippen LogP contribution >= 0.6 is 0 Å². The molecule has 1 heterocycles. The monoisotopic (exact) mass is 306 g/mol. The number of aromatic nitrogens is 1. The molecule has 110 valence electrons. The highest BCUT2D eigenvalue weighted by atomic mass is 32.2. The number of nitrogens with one attached hydrogen (secondary N) is 1. The summed E-state index contributed by atoms with van der Waals surface area (Å²) in [6, 6.07) is 6.43. The topological polar surface area (TPSA) is 92.4 Å². The van der Waals surface area contributed by atoms with Crippen molar-refractivity contribution in [2.24, 2.45) is 0 Å². The van der Waals surface area contributed by atoms with Crippen LogP contribution in [-0.2, 0) is 16.6 Å². The van der Waals surface area contributed by atoms with Crippen LogP contribution < -0.4 is 4.72 Å². The van der Waals surface area contributed by atoms with Crippen molar-refractivity contribution < 1.29 is 18.0 Å². The maximum atomic E-state index is 12.3. The number of aliphatic hydroxyl groups excluding tert-OH is 1.